The standard InChI is InChI=1S/C17H13N5O3S3/c1-25-12-5-3-2-4-11(12)14(24)19-15-20-21-17(28-15)27-9-10-8-13(23)22-6-7-26-16(22)18-10/h2-8H,9H2,1H3,(H,19,20,24). The first-order chi connectivity index (χ1) is 13.6. The number of hydrogen-bond acceptors (Lipinski definition) is 9. The number of para-hydroxylation sites is 1. The predicted molar refractivity (Wildman–Crippen MR) is 110 cm³/mol. The van der Waals surface area contributed by atoms with E-state index in [1.807, 2.05) is 5.38 Å². The van der Waals surface area contributed by atoms with Gasteiger partial charge in [0.05, 0.1) is 18.4 Å². The first-order valence-corrected chi connectivity index (χ1v) is 10.7. The third-order valence-electron chi connectivity index (χ3n) is 3.68. The summed E-state index contributed by atoms with van der Waals surface area (Å²) in [6.45, 7) is 0. The van der Waals surface area contributed by atoms with Crippen molar-refractivity contribution in [2.24, 2.45) is 0 Å². The number of aromatic nitrogens is 4. The van der Waals surface area contributed by atoms with Gasteiger partial charge >= 0.3 is 0 Å². The van der Waals surface area contributed by atoms with Crippen molar-refractivity contribution in [3.8, 4) is 5.75 Å². The molecule has 4 aromatic rings. The number of fused-ring (bicyclic) bond motifs is 1. The molecule has 0 aliphatic carbocycles. The van der Waals surface area contributed by atoms with E-state index in [9.17, 15) is 9.59 Å². The Morgan fingerprint density at radius 3 is 3.04 bits per heavy atom. The summed E-state index contributed by atoms with van der Waals surface area (Å²) in [5, 5.41) is 13.0. The molecule has 4 rings (SSSR count). The number of carbonyl (C=O) groups excluding carboxylic acids is 1. The van der Waals surface area contributed by atoms with Gasteiger partial charge in [0.15, 0.2) is 9.30 Å². The third-order valence-corrected chi connectivity index (χ3v) is 6.44. The Hall–Kier alpha value is -2.76. The number of anilines is 1. The largest absolute Gasteiger partial charge is 0.496 e. The minimum atomic E-state index is -0.317. The van der Waals surface area contributed by atoms with Gasteiger partial charge in [0, 0.05) is 23.4 Å². The van der Waals surface area contributed by atoms with Crippen molar-refractivity contribution >= 4 is 50.4 Å². The maximum absolute atomic E-state index is 12.4. The molecule has 0 unspecified atom stereocenters. The average Bonchev–Trinajstić information content (AvgIpc) is 3.36. The van der Waals surface area contributed by atoms with E-state index in [4.69, 9.17) is 4.74 Å². The fourth-order valence-electron chi connectivity index (χ4n) is 2.41. The van der Waals surface area contributed by atoms with Crippen molar-refractivity contribution in [1.29, 1.82) is 0 Å². The number of hydrogen-bond donors (Lipinski definition) is 1. The zero-order valence-corrected chi connectivity index (χ0v) is 16.9. The fourth-order valence-corrected chi connectivity index (χ4v) is 4.79. The SMILES string of the molecule is COc1ccccc1C(=O)Nc1nnc(SCc2cc(=O)n3ccsc3n2)s1. The van der Waals surface area contributed by atoms with Gasteiger partial charge in [0.1, 0.15) is 5.75 Å². The van der Waals surface area contributed by atoms with Gasteiger partial charge in [-0.2, -0.15) is 0 Å². The molecule has 28 heavy (non-hydrogen) atoms. The van der Waals surface area contributed by atoms with E-state index in [1.54, 1.807) is 30.5 Å². The molecule has 3 aromatic heterocycles. The van der Waals surface area contributed by atoms with Crippen LogP contribution in [0.5, 0.6) is 5.75 Å². The number of thioether (sulfide) groups is 1. The van der Waals surface area contributed by atoms with Crippen LogP contribution >= 0.6 is 34.4 Å². The topological polar surface area (TPSA) is 98.5 Å². The molecule has 0 aliphatic rings. The van der Waals surface area contributed by atoms with Crippen LogP contribution in [0, 0.1) is 0 Å². The van der Waals surface area contributed by atoms with Crippen LogP contribution in [0.3, 0.4) is 0 Å². The molecule has 0 fully saturated rings. The summed E-state index contributed by atoms with van der Waals surface area (Å²) >= 11 is 4.07. The van der Waals surface area contributed by atoms with Crippen molar-refractivity contribution < 1.29 is 9.53 Å². The molecular weight excluding hydrogens is 418 g/mol. The average molecular weight is 432 g/mol. The minimum absolute atomic E-state index is 0.108. The summed E-state index contributed by atoms with van der Waals surface area (Å²) < 4.78 is 7.38. The van der Waals surface area contributed by atoms with E-state index >= 15 is 0 Å². The number of methoxy groups -OCH3 is 1. The molecule has 0 bridgehead atoms. The maximum atomic E-state index is 12.4. The highest BCUT2D eigenvalue weighted by molar-refractivity contribution is 8.00. The molecule has 0 saturated carbocycles. The van der Waals surface area contributed by atoms with Gasteiger partial charge in [0.2, 0.25) is 5.13 Å². The Kier molecular flexibility index (Phi) is 5.37. The minimum Gasteiger partial charge on any atom is -0.496 e. The van der Waals surface area contributed by atoms with Crippen LogP contribution in [0.15, 0.2) is 51.0 Å². The molecule has 3 heterocycles. The third kappa shape index (κ3) is 3.91. The Balaban J connectivity index is 1.42. The quantitative estimate of drug-likeness (QED) is 0.370. The Bertz CT molecular complexity index is 1200. The van der Waals surface area contributed by atoms with E-state index < -0.39 is 0 Å². The molecule has 1 N–H and O–H groups in total. The number of amides is 1. The molecular formula is C17H13N5O3S3. The van der Waals surface area contributed by atoms with Crippen molar-refractivity contribution in [2.45, 2.75) is 10.1 Å². The number of ether oxygens (including phenoxy) is 1. The van der Waals surface area contributed by atoms with E-state index in [0.717, 1.165) is 0 Å². The second-order valence-corrected chi connectivity index (χ2v) is 8.53. The van der Waals surface area contributed by atoms with Crippen LogP contribution in [0.1, 0.15) is 16.1 Å². The molecule has 0 radical (unpaired) electrons. The van der Waals surface area contributed by atoms with Crippen molar-refractivity contribution in [3.05, 3.63) is 63.5 Å². The number of thiazole rings is 1. The first-order valence-electron chi connectivity index (χ1n) is 8.00. The molecule has 8 nitrogen and oxygen atoms in total. The number of nitrogens with one attached hydrogen (secondary N) is 1. The predicted octanol–water partition coefficient (Wildman–Crippen LogP) is 3.16. The molecule has 142 valence electrons. The number of carbonyl (C=O) groups is 1. The summed E-state index contributed by atoms with van der Waals surface area (Å²) in [4.78, 5) is 29.6. The molecule has 0 aliphatic heterocycles. The summed E-state index contributed by atoms with van der Waals surface area (Å²) in [7, 11) is 1.51. The van der Waals surface area contributed by atoms with E-state index in [2.05, 4.69) is 20.5 Å². The number of nitrogens with zero attached hydrogens (tertiary/aromatic N) is 4. The zero-order valence-electron chi connectivity index (χ0n) is 14.5. The molecule has 0 spiro atoms. The van der Waals surface area contributed by atoms with Crippen molar-refractivity contribution in [2.75, 3.05) is 12.4 Å². The van der Waals surface area contributed by atoms with Crippen LogP contribution in [-0.4, -0.2) is 32.6 Å². The van der Waals surface area contributed by atoms with Crippen LogP contribution in [0.25, 0.3) is 4.96 Å². The lowest BCUT2D eigenvalue weighted by atomic mass is 10.2. The van der Waals surface area contributed by atoms with Gasteiger partial charge in [-0.05, 0) is 12.1 Å². The number of rotatable bonds is 6. The van der Waals surface area contributed by atoms with Gasteiger partial charge in [-0.3, -0.25) is 19.3 Å². The lowest BCUT2D eigenvalue weighted by Gasteiger charge is -2.06. The zero-order chi connectivity index (χ0) is 19.5. The van der Waals surface area contributed by atoms with Crippen LogP contribution in [0.4, 0.5) is 5.13 Å². The lowest BCUT2D eigenvalue weighted by molar-refractivity contribution is 0.102. The Morgan fingerprint density at radius 1 is 1.32 bits per heavy atom. The molecule has 1 amide bonds. The first kappa shape index (κ1) is 18.6. The molecule has 0 atom stereocenters. The maximum Gasteiger partial charge on any atom is 0.261 e. The summed E-state index contributed by atoms with van der Waals surface area (Å²) in [5.41, 5.74) is 0.986. The molecule has 11 heteroatoms. The van der Waals surface area contributed by atoms with Gasteiger partial charge in [0.25, 0.3) is 11.5 Å². The molecule has 0 saturated heterocycles. The smallest absolute Gasteiger partial charge is 0.261 e. The van der Waals surface area contributed by atoms with E-state index in [1.165, 1.54) is 52.0 Å². The summed E-state index contributed by atoms with van der Waals surface area (Å²) in [5.74, 6) is 0.655. The molecule has 1 aromatic carbocycles. The van der Waals surface area contributed by atoms with E-state index in [-0.39, 0.29) is 11.5 Å². The summed E-state index contributed by atoms with van der Waals surface area (Å²) in [6, 6.07) is 8.46. The highest BCUT2D eigenvalue weighted by atomic mass is 32.2. The van der Waals surface area contributed by atoms with Crippen LogP contribution < -0.4 is 15.6 Å². The normalized spacial score (nSPS) is 10.9. The number of benzene rings is 1. The van der Waals surface area contributed by atoms with Gasteiger partial charge in [-0.1, -0.05) is 35.2 Å². The second-order valence-electron chi connectivity index (χ2n) is 5.46. The van der Waals surface area contributed by atoms with Crippen LogP contribution in [-0.2, 0) is 5.75 Å². The Morgan fingerprint density at radius 2 is 2.18 bits per heavy atom. The lowest BCUT2D eigenvalue weighted by Crippen LogP contribution is -2.12. The monoisotopic (exact) mass is 431 g/mol. The fraction of sp³-hybridized carbons (Fsp3) is 0.118. The van der Waals surface area contributed by atoms with Crippen LogP contribution in [0.2, 0.25) is 0 Å². The van der Waals surface area contributed by atoms with Crippen molar-refractivity contribution in [1.82, 2.24) is 19.6 Å². The summed E-state index contributed by atoms with van der Waals surface area (Å²) in [6.07, 6.45) is 1.70. The van der Waals surface area contributed by atoms with Gasteiger partial charge in [-0.15, -0.1) is 21.5 Å². The van der Waals surface area contributed by atoms with Crippen molar-refractivity contribution in [3.63, 3.8) is 0 Å². The highest BCUT2D eigenvalue weighted by Gasteiger charge is 2.14. The van der Waals surface area contributed by atoms with E-state index in [0.29, 0.717) is 37.2 Å². The van der Waals surface area contributed by atoms with Gasteiger partial charge in [-0.25, -0.2) is 4.98 Å². The highest BCUT2D eigenvalue weighted by Crippen LogP contribution is 2.28. The Labute approximate surface area is 171 Å². The second kappa shape index (κ2) is 8.09. The van der Waals surface area contributed by atoms with Gasteiger partial charge < -0.3 is 4.74 Å².